The van der Waals surface area contributed by atoms with Gasteiger partial charge < -0.3 is 4.74 Å². The van der Waals surface area contributed by atoms with Crippen LogP contribution in [0.3, 0.4) is 0 Å². The summed E-state index contributed by atoms with van der Waals surface area (Å²) in [7, 11) is -3.62. The van der Waals surface area contributed by atoms with Crippen molar-refractivity contribution >= 4 is 15.9 Å². The first-order valence-electron chi connectivity index (χ1n) is 6.17. The largest absolute Gasteiger partial charge is 0.457 e. The summed E-state index contributed by atoms with van der Waals surface area (Å²) >= 11 is 0. The SMILES string of the molecule is CS(=O)(=O)NC(=O)c1cccc(Oc2ccc(C#N)cc2)c1. The Labute approximate surface area is 128 Å². The molecular formula is C15H12N2O4S. The maximum absolute atomic E-state index is 11.8. The van der Waals surface area contributed by atoms with Gasteiger partial charge in [0, 0.05) is 5.56 Å². The minimum Gasteiger partial charge on any atom is -0.457 e. The topological polar surface area (TPSA) is 96.3 Å². The summed E-state index contributed by atoms with van der Waals surface area (Å²) in [5, 5.41) is 8.72. The third kappa shape index (κ3) is 4.33. The monoisotopic (exact) mass is 316 g/mol. The van der Waals surface area contributed by atoms with Crippen molar-refractivity contribution in [2.24, 2.45) is 0 Å². The fourth-order valence-corrected chi connectivity index (χ4v) is 2.12. The van der Waals surface area contributed by atoms with Gasteiger partial charge in [0.2, 0.25) is 10.0 Å². The van der Waals surface area contributed by atoms with Crippen molar-refractivity contribution in [3.8, 4) is 17.6 Å². The first-order valence-corrected chi connectivity index (χ1v) is 8.07. The fraction of sp³-hybridized carbons (Fsp3) is 0.0667. The second-order valence-electron chi connectivity index (χ2n) is 4.47. The van der Waals surface area contributed by atoms with Crippen LogP contribution in [0.2, 0.25) is 0 Å². The molecule has 0 saturated heterocycles. The number of hydrogen-bond donors (Lipinski definition) is 1. The molecule has 0 radical (unpaired) electrons. The number of hydrogen-bond acceptors (Lipinski definition) is 5. The van der Waals surface area contributed by atoms with Gasteiger partial charge in [0.15, 0.2) is 0 Å². The first kappa shape index (κ1) is 15.5. The Hall–Kier alpha value is -2.85. The number of amides is 1. The normalized spacial score (nSPS) is 10.5. The maximum Gasteiger partial charge on any atom is 0.264 e. The van der Waals surface area contributed by atoms with Crippen LogP contribution in [-0.4, -0.2) is 20.6 Å². The van der Waals surface area contributed by atoms with E-state index in [1.54, 1.807) is 36.4 Å². The van der Waals surface area contributed by atoms with Crippen molar-refractivity contribution in [3.63, 3.8) is 0 Å². The zero-order valence-corrected chi connectivity index (χ0v) is 12.4. The van der Waals surface area contributed by atoms with Crippen LogP contribution in [0.4, 0.5) is 0 Å². The van der Waals surface area contributed by atoms with E-state index in [4.69, 9.17) is 10.00 Å². The Kier molecular flexibility index (Phi) is 4.44. The third-order valence-corrected chi connectivity index (χ3v) is 3.15. The molecule has 0 spiro atoms. The van der Waals surface area contributed by atoms with Crippen molar-refractivity contribution in [2.45, 2.75) is 0 Å². The first-order chi connectivity index (χ1) is 10.4. The molecule has 7 heteroatoms. The maximum atomic E-state index is 11.8. The Bertz CT molecular complexity index is 837. The van der Waals surface area contributed by atoms with Gasteiger partial charge in [0.25, 0.3) is 5.91 Å². The van der Waals surface area contributed by atoms with Gasteiger partial charge >= 0.3 is 0 Å². The van der Waals surface area contributed by atoms with Crippen LogP contribution in [0.15, 0.2) is 48.5 Å². The van der Waals surface area contributed by atoms with E-state index in [2.05, 4.69) is 0 Å². The summed E-state index contributed by atoms with van der Waals surface area (Å²) in [5.41, 5.74) is 0.671. The quantitative estimate of drug-likeness (QED) is 0.931. The molecule has 2 aromatic rings. The van der Waals surface area contributed by atoms with E-state index in [0.717, 1.165) is 6.26 Å². The van der Waals surface area contributed by atoms with Crippen LogP contribution in [0.1, 0.15) is 15.9 Å². The van der Waals surface area contributed by atoms with Crippen molar-refractivity contribution in [1.82, 2.24) is 4.72 Å². The molecule has 2 aromatic carbocycles. The Morgan fingerprint density at radius 3 is 2.41 bits per heavy atom. The lowest BCUT2D eigenvalue weighted by Crippen LogP contribution is -2.29. The minimum absolute atomic E-state index is 0.163. The molecule has 6 nitrogen and oxygen atoms in total. The van der Waals surface area contributed by atoms with Crippen molar-refractivity contribution in [2.75, 3.05) is 6.26 Å². The summed E-state index contributed by atoms with van der Waals surface area (Å²) in [5.74, 6) is 0.151. The molecule has 0 aliphatic heterocycles. The van der Waals surface area contributed by atoms with Gasteiger partial charge in [-0.1, -0.05) is 6.07 Å². The molecule has 1 amide bonds. The molecule has 0 heterocycles. The highest BCUT2D eigenvalue weighted by molar-refractivity contribution is 7.89. The molecule has 0 atom stereocenters. The smallest absolute Gasteiger partial charge is 0.264 e. The summed E-state index contributed by atoms with van der Waals surface area (Å²) in [6.07, 6.45) is 0.905. The molecule has 0 aliphatic carbocycles. The lowest BCUT2D eigenvalue weighted by atomic mass is 10.2. The molecule has 22 heavy (non-hydrogen) atoms. The molecule has 2 rings (SSSR count). The molecule has 1 N–H and O–H groups in total. The lowest BCUT2D eigenvalue weighted by molar-refractivity contribution is 0.0981. The van der Waals surface area contributed by atoms with Gasteiger partial charge in [0.1, 0.15) is 11.5 Å². The average molecular weight is 316 g/mol. The molecule has 0 unspecified atom stereocenters. The third-order valence-electron chi connectivity index (χ3n) is 2.59. The van der Waals surface area contributed by atoms with Gasteiger partial charge in [-0.25, -0.2) is 13.1 Å². The Morgan fingerprint density at radius 1 is 1.14 bits per heavy atom. The Balaban J connectivity index is 2.17. The van der Waals surface area contributed by atoms with Crippen molar-refractivity contribution in [3.05, 3.63) is 59.7 Å². The number of carbonyl (C=O) groups excluding carboxylic acids is 1. The summed E-state index contributed by atoms with van der Waals surface area (Å²) in [6.45, 7) is 0. The van der Waals surface area contributed by atoms with Crippen LogP contribution in [0.25, 0.3) is 0 Å². The van der Waals surface area contributed by atoms with Gasteiger partial charge in [0.05, 0.1) is 17.9 Å². The highest BCUT2D eigenvalue weighted by atomic mass is 32.2. The lowest BCUT2D eigenvalue weighted by Gasteiger charge is -2.08. The number of nitrogens with one attached hydrogen (secondary N) is 1. The van der Waals surface area contributed by atoms with E-state index in [1.807, 2.05) is 10.8 Å². The van der Waals surface area contributed by atoms with Crippen LogP contribution in [-0.2, 0) is 10.0 Å². The second kappa shape index (κ2) is 6.28. The van der Waals surface area contributed by atoms with Crippen LogP contribution in [0.5, 0.6) is 11.5 Å². The van der Waals surface area contributed by atoms with Gasteiger partial charge in [-0.3, -0.25) is 4.79 Å². The predicted molar refractivity (Wildman–Crippen MR) is 80.0 cm³/mol. The molecule has 0 aliphatic rings. The van der Waals surface area contributed by atoms with E-state index in [-0.39, 0.29) is 5.56 Å². The van der Waals surface area contributed by atoms with Crippen molar-refractivity contribution < 1.29 is 17.9 Å². The summed E-state index contributed by atoms with van der Waals surface area (Å²) < 4.78 is 29.6. The van der Waals surface area contributed by atoms with E-state index < -0.39 is 15.9 Å². The average Bonchev–Trinajstić information content (AvgIpc) is 2.46. The standard InChI is InChI=1S/C15H12N2O4S/c1-22(19,20)17-15(18)12-3-2-4-14(9-12)21-13-7-5-11(10-16)6-8-13/h2-9H,1H3,(H,17,18). The molecule has 112 valence electrons. The minimum atomic E-state index is -3.62. The number of nitriles is 1. The Morgan fingerprint density at radius 2 is 1.82 bits per heavy atom. The van der Waals surface area contributed by atoms with Crippen molar-refractivity contribution in [1.29, 1.82) is 5.26 Å². The second-order valence-corrected chi connectivity index (χ2v) is 6.22. The number of carbonyl (C=O) groups is 1. The number of nitrogens with zero attached hydrogens (tertiary/aromatic N) is 1. The van der Waals surface area contributed by atoms with E-state index in [9.17, 15) is 13.2 Å². The van der Waals surface area contributed by atoms with Gasteiger partial charge in [-0.05, 0) is 42.5 Å². The van der Waals surface area contributed by atoms with Crippen LogP contribution >= 0.6 is 0 Å². The van der Waals surface area contributed by atoms with Gasteiger partial charge in [-0.15, -0.1) is 0 Å². The van der Waals surface area contributed by atoms with Crippen LogP contribution < -0.4 is 9.46 Å². The number of sulfonamides is 1. The highest BCUT2D eigenvalue weighted by Crippen LogP contribution is 2.22. The van der Waals surface area contributed by atoms with E-state index in [0.29, 0.717) is 17.1 Å². The molecule has 0 saturated carbocycles. The van der Waals surface area contributed by atoms with Gasteiger partial charge in [-0.2, -0.15) is 5.26 Å². The van der Waals surface area contributed by atoms with E-state index in [1.165, 1.54) is 12.1 Å². The number of ether oxygens (including phenoxy) is 1. The number of rotatable bonds is 4. The highest BCUT2D eigenvalue weighted by Gasteiger charge is 2.11. The zero-order valence-electron chi connectivity index (χ0n) is 11.6. The summed E-state index contributed by atoms with van der Waals surface area (Å²) in [6, 6.07) is 14.6. The predicted octanol–water partition coefficient (Wildman–Crippen LogP) is 2.04. The van der Waals surface area contributed by atoms with Crippen LogP contribution in [0, 0.1) is 11.3 Å². The van der Waals surface area contributed by atoms with E-state index >= 15 is 0 Å². The summed E-state index contributed by atoms with van der Waals surface area (Å²) in [4.78, 5) is 11.8. The zero-order chi connectivity index (χ0) is 16.2. The molecule has 0 aromatic heterocycles. The number of benzene rings is 2. The molecular weight excluding hydrogens is 304 g/mol. The molecule has 0 bridgehead atoms. The molecule has 0 fully saturated rings. The fourth-order valence-electron chi connectivity index (χ4n) is 1.66.